The topological polar surface area (TPSA) is 110 Å². The number of nitrogens with one attached hydrogen (secondary N) is 1. The molecule has 38 heavy (non-hydrogen) atoms. The van der Waals surface area contributed by atoms with Gasteiger partial charge in [0.2, 0.25) is 5.91 Å². The molecule has 0 saturated heterocycles. The zero-order valence-corrected chi connectivity index (χ0v) is 24.7. The third-order valence-electron chi connectivity index (χ3n) is 7.14. The Hall–Kier alpha value is -1.21. The number of carbonyl (C=O) groups is 1. The van der Waals surface area contributed by atoms with Crippen molar-refractivity contribution in [2.24, 2.45) is 0 Å². The van der Waals surface area contributed by atoms with E-state index < -0.39 is 36.9 Å². The first-order valence-corrected chi connectivity index (χ1v) is 15.7. The predicted octanol–water partition coefficient (Wildman–Crippen LogP) is 6.50. The molecule has 0 heterocycles. The Morgan fingerprint density at radius 1 is 0.632 bits per heavy atom. The van der Waals surface area contributed by atoms with Crippen molar-refractivity contribution < 1.29 is 25.2 Å². The van der Waals surface area contributed by atoms with E-state index in [-0.39, 0.29) is 0 Å². The minimum absolute atomic E-state index is 0.361. The zero-order chi connectivity index (χ0) is 28.3. The van der Waals surface area contributed by atoms with Crippen LogP contribution in [0.4, 0.5) is 0 Å². The summed E-state index contributed by atoms with van der Waals surface area (Å²) in [5, 5.41) is 43.1. The van der Waals surface area contributed by atoms with Crippen LogP contribution >= 0.6 is 0 Å². The lowest BCUT2D eigenvalue weighted by molar-refractivity contribution is -0.132. The van der Waals surface area contributed by atoms with Gasteiger partial charge in [-0.05, 0) is 51.4 Å². The highest BCUT2D eigenvalue weighted by Crippen LogP contribution is 2.13. The van der Waals surface area contributed by atoms with Crippen LogP contribution < -0.4 is 5.32 Å². The molecule has 4 atom stereocenters. The summed E-state index contributed by atoms with van der Waals surface area (Å²) in [5.41, 5.74) is 0. The van der Waals surface area contributed by atoms with Crippen molar-refractivity contribution in [1.82, 2.24) is 5.32 Å². The highest BCUT2D eigenvalue weighted by Gasteiger charge is 2.28. The molecule has 6 nitrogen and oxygen atoms in total. The van der Waals surface area contributed by atoms with E-state index >= 15 is 0 Å². The van der Waals surface area contributed by atoms with E-state index in [1.807, 2.05) is 0 Å². The van der Waals surface area contributed by atoms with Crippen LogP contribution in [0.3, 0.4) is 0 Å². The average molecular weight is 540 g/mol. The summed E-state index contributed by atoms with van der Waals surface area (Å²) in [6.07, 6.45) is 26.3. The van der Waals surface area contributed by atoms with Crippen molar-refractivity contribution in [3.05, 3.63) is 24.3 Å². The normalized spacial score (nSPS) is 15.2. The Kier molecular flexibility index (Phi) is 26.5. The lowest BCUT2D eigenvalue weighted by Crippen LogP contribution is -2.53. The lowest BCUT2D eigenvalue weighted by Gasteiger charge is -2.27. The van der Waals surface area contributed by atoms with Gasteiger partial charge in [0.15, 0.2) is 0 Å². The number of hydrogen-bond donors (Lipinski definition) is 5. The minimum atomic E-state index is -1.28. The second-order valence-corrected chi connectivity index (χ2v) is 10.8. The summed E-state index contributed by atoms with van der Waals surface area (Å²) in [4.78, 5) is 12.3. The predicted molar refractivity (Wildman–Crippen MR) is 159 cm³/mol. The minimum Gasteiger partial charge on any atom is -0.394 e. The van der Waals surface area contributed by atoms with Crippen molar-refractivity contribution in [3.63, 3.8) is 0 Å². The van der Waals surface area contributed by atoms with E-state index in [0.717, 1.165) is 44.9 Å². The first-order valence-electron chi connectivity index (χ1n) is 15.7. The third kappa shape index (κ3) is 21.7. The number of carbonyl (C=O) groups excluding carboxylic acids is 1. The molecule has 0 aliphatic rings. The molecule has 224 valence electrons. The van der Waals surface area contributed by atoms with Gasteiger partial charge in [0.1, 0.15) is 12.2 Å². The SMILES string of the molecule is CCCCC/C=C/CC/C=C/CCCC(O)C(O)C(CO)NC(=O)C(O)CCCCCCCCCCCC. The van der Waals surface area contributed by atoms with Crippen LogP contribution in [0.25, 0.3) is 0 Å². The molecule has 0 rings (SSSR count). The Morgan fingerprint density at radius 2 is 1.11 bits per heavy atom. The van der Waals surface area contributed by atoms with Gasteiger partial charge < -0.3 is 25.7 Å². The van der Waals surface area contributed by atoms with E-state index in [0.29, 0.717) is 19.3 Å². The van der Waals surface area contributed by atoms with Crippen LogP contribution in [0.2, 0.25) is 0 Å². The molecule has 0 aromatic heterocycles. The standard InChI is InChI=1S/C32H61NO5/c1-3-5-7-9-11-13-15-16-18-19-21-23-25-29(35)31(37)28(27-34)33-32(38)30(36)26-24-22-20-17-14-12-10-8-6-4-2/h11,13,18-19,28-31,34-37H,3-10,12,14-17,20-27H2,1-2H3,(H,33,38)/b13-11+,19-18+. The van der Waals surface area contributed by atoms with Gasteiger partial charge in [0.25, 0.3) is 0 Å². The maximum absolute atomic E-state index is 12.3. The number of amides is 1. The van der Waals surface area contributed by atoms with E-state index in [9.17, 15) is 25.2 Å². The Labute approximate surface area is 234 Å². The van der Waals surface area contributed by atoms with E-state index in [2.05, 4.69) is 43.5 Å². The fourth-order valence-corrected chi connectivity index (χ4v) is 4.53. The molecule has 0 bridgehead atoms. The smallest absolute Gasteiger partial charge is 0.249 e. The van der Waals surface area contributed by atoms with Crippen LogP contribution in [0.15, 0.2) is 24.3 Å². The number of aliphatic hydroxyl groups excluding tert-OH is 4. The van der Waals surface area contributed by atoms with Crippen LogP contribution in [0.1, 0.15) is 142 Å². The van der Waals surface area contributed by atoms with Crippen LogP contribution in [0.5, 0.6) is 0 Å². The molecule has 1 amide bonds. The number of hydrogen-bond acceptors (Lipinski definition) is 5. The fourth-order valence-electron chi connectivity index (χ4n) is 4.53. The van der Waals surface area contributed by atoms with Crippen LogP contribution in [-0.4, -0.2) is 57.3 Å². The van der Waals surface area contributed by atoms with Gasteiger partial charge in [-0.3, -0.25) is 4.79 Å². The number of rotatable bonds is 27. The lowest BCUT2D eigenvalue weighted by atomic mass is 10.00. The molecular weight excluding hydrogens is 478 g/mol. The van der Waals surface area contributed by atoms with Gasteiger partial charge in [-0.25, -0.2) is 0 Å². The molecule has 0 aromatic carbocycles. The fraction of sp³-hybridized carbons (Fsp3) is 0.844. The number of aliphatic hydroxyl groups is 4. The second kappa shape index (κ2) is 27.4. The summed E-state index contributed by atoms with van der Waals surface area (Å²) in [5.74, 6) is -0.603. The second-order valence-electron chi connectivity index (χ2n) is 10.8. The summed E-state index contributed by atoms with van der Waals surface area (Å²) < 4.78 is 0. The average Bonchev–Trinajstić information content (AvgIpc) is 2.92. The zero-order valence-electron chi connectivity index (χ0n) is 24.7. The molecule has 0 aromatic rings. The van der Waals surface area contributed by atoms with Gasteiger partial charge in [-0.2, -0.15) is 0 Å². The molecule has 0 fully saturated rings. The van der Waals surface area contributed by atoms with Gasteiger partial charge in [0.05, 0.1) is 18.8 Å². The van der Waals surface area contributed by atoms with Crippen molar-refractivity contribution in [1.29, 1.82) is 0 Å². The van der Waals surface area contributed by atoms with Crippen molar-refractivity contribution in [2.45, 2.75) is 167 Å². The highest BCUT2D eigenvalue weighted by molar-refractivity contribution is 5.80. The Bertz CT molecular complexity index is 580. The molecule has 0 radical (unpaired) electrons. The molecule has 0 saturated carbocycles. The van der Waals surface area contributed by atoms with E-state index in [1.54, 1.807) is 0 Å². The first-order chi connectivity index (χ1) is 18.5. The summed E-state index contributed by atoms with van der Waals surface area (Å²) >= 11 is 0. The quantitative estimate of drug-likeness (QED) is 0.0604. The monoisotopic (exact) mass is 539 g/mol. The number of unbranched alkanes of at least 4 members (excludes halogenated alkanes) is 14. The van der Waals surface area contributed by atoms with Crippen LogP contribution in [-0.2, 0) is 4.79 Å². The van der Waals surface area contributed by atoms with Gasteiger partial charge in [-0.1, -0.05) is 115 Å². The Balaban J connectivity index is 3.99. The summed E-state index contributed by atoms with van der Waals surface area (Å²) in [7, 11) is 0. The maximum Gasteiger partial charge on any atom is 0.249 e. The summed E-state index contributed by atoms with van der Waals surface area (Å²) in [6.45, 7) is 3.94. The molecule has 0 aliphatic carbocycles. The highest BCUT2D eigenvalue weighted by atomic mass is 16.3. The molecular formula is C32H61NO5. The molecule has 0 aliphatic heterocycles. The van der Waals surface area contributed by atoms with E-state index in [4.69, 9.17) is 0 Å². The maximum atomic E-state index is 12.3. The first kappa shape index (κ1) is 36.8. The molecule has 4 unspecified atom stereocenters. The molecule has 6 heteroatoms. The van der Waals surface area contributed by atoms with Gasteiger partial charge in [-0.15, -0.1) is 0 Å². The number of allylic oxidation sites excluding steroid dienone is 4. The Morgan fingerprint density at radius 3 is 1.66 bits per heavy atom. The van der Waals surface area contributed by atoms with Gasteiger partial charge in [0, 0.05) is 0 Å². The summed E-state index contributed by atoms with van der Waals surface area (Å²) in [6, 6.07) is -1.00. The molecule has 5 N–H and O–H groups in total. The van der Waals surface area contributed by atoms with Crippen molar-refractivity contribution in [2.75, 3.05) is 6.61 Å². The van der Waals surface area contributed by atoms with Gasteiger partial charge >= 0.3 is 0 Å². The van der Waals surface area contributed by atoms with Crippen molar-refractivity contribution >= 4 is 5.91 Å². The largest absolute Gasteiger partial charge is 0.394 e. The third-order valence-corrected chi connectivity index (χ3v) is 7.14. The van der Waals surface area contributed by atoms with Crippen LogP contribution in [0, 0.1) is 0 Å². The van der Waals surface area contributed by atoms with Crippen molar-refractivity contribution in [3.8, 4) is 0 Å². The van der Waals surface area contributed by atoms with E-state index in [1.165, 1.54) is 64.2 Å². The molecule has 0 spiro atoms.